The molecular formula is C21H22O8. The lowest BCUT2D eigenvalue weighted by atomic mass is 9.71. The van der Waals surface area contributed by atoms with Crippen LogP contribution in [0.2, 0.25) is 0 Å². The minimum absolute atomic E-state index is 0.0217. The van der Waals surface area contributed by atoms with Crippen LogP contribution >= 0.6 is 0 Å². The van der Waals surface area contributed by atoms with Gasteiger partial charge < -0.3 is 35.4 Å². The van der Waals surface area contributed by atoms with Gasteiger partial charge in [-0.05, 0) is 35.7 Å². The topological polar surface area (TPSA) is 148 Å². The number of phenols is 2. The molecule has 29 heavy (non-hydrogen) atoms. The summed E-state index contributed by atoms with van der Waals surface area (Å²) < 4.78 is 5.75. The van der Waals surface area contributed by atoms with E-state index >= 15 is 0 Å². The van der Waals surface area contributed by atoms with Gasteiger partial charge in [0.2, 0.25) is 5.78 Å². The molecule has 0 saturated carbocycles. The van der Waals surface area contributed by atoms with Gasteiger partial charge in [-0.15, -0.1) is 0 Å². The maximum atomic E-state index is 13.1. The number of aliphatic hydroxyl groups excluding tert-OH is 4. The van der Waals surface area contributed by atoms with E-state index < -0.39 is 48.8 Å². The van der Waals surface area contributed by atoms with E-state index in [9.17, 15) is 35.4 Å². The van der Waals surface area contributed by atoms with Crippen LogP contribution in [-0.4, -0.2) is 73.5 Å². The molecule has 8 heteroatoms. The van der Waals surface area contributed by atoms with Crippen molar-refractivity contribution in [3.8, 4) is 11.5 Å². The first kappa shape index (κ1) is 19.8. The highest BCUT2D eigenvalue weighted by Crippen LogP contribution is 2.47. The molecule has 1 heterocycles. The molecule has 1 saturated heterocycles. The fraction of sp³-hybridized carbons (Fsp3) is 0.381. The number of aromatic hydroxyl groups is 2. The minimum atomic E-state index is -1.59. The maximum absolute atomic E-state index is 13.1. The molecule has 0 aromatic heterocycles. The van der Waals surface area contributed by atoms with Crippen LogP contribution in [0.4, 0.5) is 0 Å². The number of hydrogen-bond acceptors (Lipinski definition) is 8. The second kappa shape index (κ2) is 7.08. The molecule has 1 fully saturated rings. The van der Waals surface area contributed by atoms with E-state index in [1.165, 1.54) is 12.1 Å². The summed E-state index contributed by atoms with van der Waals surface area (Å²) in [6, 6.07) is 7.58. The number of benzene rings is 2. The summed E-state index contributed by atoms with van der Waals surface area (Å²) in [5, 5.41) is 61.4. The van der Waals surface area contributed by atoms with E-state index in [0.29, 0.717) is 16.7 Å². The Kier molecular flexibility index (Phi) is 4.84. The summed E-state index contributed by atoms with van der Waals surface area (Å²) in [6.45, 7) is 1.14. The highest BCUT2D eigenvalue weighted by atomic mass is 16.5. The van der Waals surface area contributed by atoms with Gasteiger partial charge in [-0.25, -0.2) is 0 Å². The Labute approximate surface area is 166 Å². The summed E-state index contributed by atoms with van der Waals surface area (Å²) in [4.78, 5) is 13.1. The zero-order valence-electron chi connectivity index (χ0n) is 15.6. The SMILES string of the molecule is Cc1cc(O)c2c(c1)[C@H]([C@@H]1O[C@H](CO)[C@H](O)[C@@H](O)[C@@H]1O)c1cccc(O)c1C2=O. The van der Waals surface area contributed by atoms with E-state index in [4.69, 9.17) is 4.74 Å². The van der Waals surface area contributed by atoms with Gasteiger partial charge in [-0.2, -0.15) is 0 Å². The quantitative estimate of drug-likeness (QED) is 0.409. The number of hydrogen-bond donors (Lipinski definition) is 6. The summed E-state index contributed by atoms with van der Waals surface area (Å²) >= 11 is 0. The number of phenolic OH excluding ortho intramolecular Hbond substituents is 2. The first-order valence-electron chi connectivity index (χ1n) is 9.26. The predicted molar refractivity (Wildman–Crippen MR) is 100.0 cm³/mol. The average molecular weight is 402 g/mol. The van der Waals surface area contributed by atoms with Crippen LogP contribution in [0.3, 0.4) is 0 Å². The molecule has 0 bridgehead atoms. The van der Waals surface area contributed by atoms with Crippen LogP contribution in [0.15, 0.2) is 30.3 Å². The van der Waals surface area contributed by atoms with Crippen LogP contribution in [0.1, 0.15) is 38.5 Å². The number of ketones is 1. The summed E-state index contributed by atoms with van der Waals surface area (Å²) in [5.41, 5.74) is 1.34. The van der Waals surface area contributed by atoms with E-state index in [1.54, 1.807) is 25.1 Å². The maximum Gasteiger partial charge on any atom is 0.201 e. The molecule has 1 aliphatic heterocycles. The molecular weight excluding hydrogens is 380 g/mol. The lowest BCUT2D eigenvalue weighted by Gasteiger charge is -2.45. The second-order valence-electron chi connectivity index (χ2n) is 7.59. The van der Waals surface area contributed by atoms with Crippen LogP contribution in [0.5, 0.6) is 11.5 Å². The summed E-state index contributed by atoms with van der Waals surface area (Å²) in [6.07, 6.45) is -6.94. The third-order valence-electron chi connectivity index (χ3n) is 5.75. The molecule has 0 spiro atoms. The Hall–Kier alpha value is -2.49. The zero-order valence-corrected chi connectivity index (χ0v) is 15.6. The minimum Gasteiger partial charge on any atom is -0.507 e. The van der Waals surface area contributed by atoms with E-state index in [2.05, 4.69) is 0 Å². The van der Waals surface area contributed by atoms with Crippen molar-refractivity contribution in [2.75, 3.05) is 6.61 Å². The third-order valence-corrected chi connectivity index (χ3v) is 5.75. The molecule has 2 aliphatic rings. The molecule has 0 radical (unpaired) electrons. The van der Waals surface area contributed by atoms with Gasteiger partial charge in [0, 0.05) is 5.92 Å². The zero-order chi connectivity index (χ0) is 21.0. The Morgan fingerprint density at radius 1 is 0.931 bits per heavy atom. The molecule has 154 valence electrons. The van der Waals surface area contributed by atoms with Crippen molar-refractivity contribution < 1.29 is 40.2 Å². The Morgan fingerprint density at radius 2 is 1.62 bits per heavy atom. The number of carbonyl (C=O) groups excluding carboxylic acids is 1. The van der Waals surface area contributed by atoms with Gasteiger partial charge in [0.05, 0.1) is 23.8 Å². The average Bonchev–Trinajstić information content (AvgIpc) is 2.67. The molecule has 0 amide bonds. The normalized spacial score (nSPS) is 31.3. The van der Waals surface area contributed by atoms with E-state index in [-0.39, 0.29) is 22.6 Å². The Morgan fingerprint density at radius 3 is 2.31 bits per heavy atom. The number of rotatable bonds is 2. The molecule has 1 aliphatic carbocycles. The van der Waals surface area contributed by atoms with Crippen molar-refractivity contribution in [1.29, 1.82) is 0 Å². The second-order valence-corrected chi connectivity index (χ2v) is 7.59. The van der Waals surface area contributed by atoms with Crippen LogP contribution in [0, 0.1) is 6.92 Å². The lowest BCUT2D eigenvalue weighted by molar-refractivity contribution is -0.232. The fourth-order valence-electron chi connectivity index (χ4n) is 4.40. The van der Waals surface area contributed by atoms with Crippen molar-refractivity contribution >= 4 is 5.78 Å². The van der Waals surface area contributed by atoms with Crippen molar-refractivity contribution in [2.24, 2.45) is 0 Å². The first-order chi connectivity index (χ1) is 13.8. The van der Waals surface area contributed by atoms with Gasteiger partial charge in [-0.1, -0.05) is 18.2 Å². The first-order valence-corrected chi connectivity index (χ1v) is 9.26. The lowest BCUT2D eigenvalue weighted by Crippen LogP contribution is -2.60. The van der Waals surface area contributed by atoms with Crippen molar-refractivity contribution in [3.63, 3.8) is 0 Å². The number of fused-ring (bicyclic) bond motifs is 2. The molecule has 6 N–H and O–H groups in total. The van der Waals surface area contributed by atoms with Gasteiger partial charge >= 0.3 is 0 Å². The van der Waals surface area contributed by atoms with Crippen LogP contribution in [-0.2, 0) is 4.74 Å². The number of aliphatic hydroxyl groups is 4. The van der Waals surface area contributed by atoms with E-state index in [0.717, 1.165) is 0 Å². The monoisotopic (exact) mass is 402 g/mol. The molecule has 4 rings (SSSR count). The van der Waals surface area contributed by atoms with Crippen LogP contribution in [0.25, 0.3) is 0 Å². The van der Waals surface area contributed by atoms with Crippen LogP contribution < -0.4 is 0 Å². The smallest absolute Gasteiger partial charge is 0.201 e. The largest absolute Gasteiger partial charge is 0.507 e. The highest BCUT2D eigenvalue weighted by Gasteiger charge is 2.50. The Bertz CT molecular complexity index is 969. The van der Waals surface area contributed by atoms with Gasteiger partial charge in [0.25, 0.3) is 0 Å². The predicted octanol–water partition coefficient (Wildman–Crippen LogP) is -0.0751. The number of carbonyl (C=O) groups is 1. The third kappa shape index (κ3) is 2.92. The molecule has 2 aromatic carbocycles. The number of ether oxygens (including phenoxy) is 1. The molecule has 6 atom stereocenters. The summed E-state index contributed by atoms with van der Waals surface area (Å²) in [5.74, 6) is -1.96. The van der Waals surface area contributed by atoms with E-state index in [1.807, 2.05) is 0 Å². The molecule has 2 aromatic rings. The van der Waals surface area contributed by atoms with Crippen molar-refractivity contribution in [2.45, 2.75) is 43.4 Å². The van der Waals surface area contributed by atoms with Gasteiger partial charge in [-0.3, -0.25) is 4.79 Å². The number of aryl methyl sites for hydroxylation is 1. The van der Waals surface area contributed by atoms with Crippen molar-refractivity contribution in [1.82, 2.24) is 0 Å². The molecule has 8 nitrogen and oxygen atoms in total. The van der Waals surface area contributed by atoms with Gasteiger partial charge in [0.15, 0.2) is 0 Å². The van der Waals surface area contributed by atoms with Crippen molar-refractivity contribution in [3.05, 3.63) is 58.1 Å². The highest BCUT2D eigenvalue weighted by molar-refractivity contribution is 6.16. The fourth-order valence-corrected chi connectivity index (χ4v) is 4.40. The Balaban J connectivity index is 1.95. The molecule has 0 unspecified atom stereocenters. The summed E-state index contributed by atoms with van der Waals surface area (Å²) in [7, 11) is 0. The standard InChI is InChI=1S/C21H22O8/c1-8-5-10-14(21-20(28)19(27)17(25)13(7-22)29-21)9-3-2-4-11(23)15(9)18(26)16(10)12(24)6-8/h2-6,13-14,17,19-25,27-28H,7H2,1H3/t13-,14-,17+,19-,20+,21+/m1/s1. The van der Waals surface area contributed by atoms with Gasteiger partial charge in [0.1, 0.15) is 35.9 Å².